The van der Waals surface area contributed by atoms with Crippen LogP contribution in [-0.2, 0) is 6.54 Å². The molecule has 0 radical (unpaired) electrons. The van der Waals surface area contributed by atoms with Gasteiger partial charge in [0.1, 0.15) is 0 Å². The van der Waals surface area contributed by atoms with Crippen molar-refractivity contribution in [2.24, 2.45) is 0 Å². The fourth-order valence-corrected chi connectivity index (χ4v) is 3.39. The molecule has 1 aromatic carbocycles. The molecule has 3 rings (SSSR count). The van der Waals surface area contributed by atoms with Gasteiger partial charge in [0, 0.05) is 29.9 Å². The van der Waals surface area contributed by atoms with Crippen molar-refractivity contribution in [1.29, 1.82) is 0 Å². The Kier molecular flexibility index (Phi) is 3.45. The third-order valence-electron chi connectivity index (χ3n) is 4.38. The molecule has 0 saturated heterocycles. The molecule has 21 heavy (non-hydrogen) atoms. The summed E-state index contributed by atoms with van der Waals surface area (Å²) in [6.07, 6.45) is 2.38. The number of hydrogen-bond acceptors (Lipinski definition) is 3. The number of carbonyl (C=O) groups excluding carboxylic acids is 1. The third-order valence-corrected chi connectivity index (χ3v) is 4.38. The van der Waals surface area contributed by atoms with Gasteiger partial charge in [-0.15, -0.1) is 0 Å². The molecule has 4 N–H and O–H groups in total. The first-order valence-electron chi connectivity index (χ1n) is 7.23. The first-order chi connectivity index (χ1) is 10.0. The number of nitrogen functional groups attached to an aromatic ring is 1. The molecule has 0 bridgehead atoms. The van der Waals surface area contributed by atoms with Gasteiger partial charge in [-0.05, 0) is 43.4 Å². The largest absolute Gasteiger partial charge is 0.465 e. The summed E-state index contributed by atoms with van der Waals surface area (Å²) in [4.78, 5) is 25.1. The molecule has 6 nitrogen and oxygen atoms in total. The van der Waals surface area contributed by atoms with E-state index in [-0.39, 0.29) is 18.0 Å². The zero-order chi connectivity index (χ0) is 15.0. The fourth-order valence-electron chi connectivity index (χ4n) is 3.39. The summed E-state index contributed by atoms with van der Waals surface area (Å²) in [7, 11) is 0. The summed E-state index contributed by atoms with van der Waals surface area (Å²) in [6, 6.07) is 5.47. The number of nitrogens with zero attached hydrogens (tertiary/aromatic N) is 1. The molecule has 2 atom stereocenters. The van der Waals surface area contributed by atoms with Crippen LogP contribution in [0.25, 0.3) is 0 Å². The van der Waals surface area contributed by atoms with Crippen molar-refractivity contribution < 1.29 is 14.7 Å². The van der Waals surface area contributed by atoms with Gasteiger partial charge in [0.15, 0.2) is 0 Å². The zero-order valence-corrected chi connectivity index (χ0v) is 11.7. The number of nitrogens with two attached hydrogens (primary N) is 1. The van der Waals surface area contributed by atoms with E-state index in [1.165, 1.54) is 0 Å². The summed E-state index contributed by atoms with van der Waals surface area (Å²) >= 11 is 0. The summed E-state index contributed by atoms with van der Waals surface area (Å²) in [5.74, 6) is 0.0123. The first kappa shape index (κ1) is 13.7. The van der Waals surface area contributed by atoms with Gasteiger partial charge in [-0.25, -0.2) is 4.79 Å². The summed E-state index contributed by atoms with van der Waals surface area (Å²) in [5, 5.41) is 11.4. The van der Waals surface area contributed by atoms with E-state index in [4.69, 9.17) is 10.8 Å². The maximum Gasteiger partial charge on any atom is 0.404 e. The predicted octanol–water partition coefficient (Wildman–Crippen LogP) is 1.80. The van der Waals surface area contributed by atoms with E-state index in [9.17, 15) is 9.59 Å². The summed E-state index contributed by atoms with van der Waals surface area (Å²) in [6.45, 7) is 0.596. The van der Waals surface area contributed by atoms with E-state index in [0.29, 0.717) is 24.2 Å². The molecule has 1 heterocycles. The number of anilines is 1. The molecule has 112 valence electrons. The topological polar surface area (TPSA) is 95.7 Å². The SMILES string of the molecule is Nc1ccc2c(c1)C(=O)N([C@H]1CCC[C@H](NC(=O)O)C1)C2. The lowest BCUT2D eigenvalue weighted by molar-refractivity contribution is 0.0641. The second kappa shape index (κ2) is 5.27. The number of amides is 2. The van der Waals surface area contributed by atoms with E-state index in [2.05, 4.69) is 5.32 Å². The molecule has 0 aromatic heterocycles. The van der Waals surface area contributed by atoms with Gasteiger partial charge < -0.3 is 21.1 Å². The highest BCUT2D eigenvalue weighted by molar-refractivity contribution is 5.99. The highest BCUT2D eigenvalue weighted by Crippen LogP contribution is 2.31. The average Bonchev–Trinajstić information content (AvgIpc) is 2.76. The van der Waals surface area contributed by atoms with Crippen molar-refractivity contribution >= 4 is 17.7 Å². The lowest BCUT2D eigenvalue weighted by atomic mass is 9.90. The van der Waals surface area contributed by atoms with E-state index >= 15 is 0 Å². The molecule has 0 spiro atoms. The van der Waals surface area contributed by atoms with Crippen LogP contribution in [0.5, 0.6) is 0 Å². The molecule has 1 fully saturated rings. The van der Waals surface area contributed by atoms with E-state index in [1.807, 2.05) is 17.0 Å². The van der Waals surface area contributed by atoms with Crippen molar-refractivity contribution in [3.05, 3.63) is 29.3 Å². The molecule has 2 aliphatic rings. The molecular weight excluding hydrogens is 270 g/mol. The quantitative estimate of drug-likeness (QED) is 0.723. The zero-order valence-electron chi connectivity index (χ0n) is 11.7. The Morgan fingerprint density at radius 1 is 1.38 bits per heavy atom. The summed E-state index contributed by atoms with van der Waals surface area (Å²) in [5.41, 5.74) is 8.03. The fraction of sp³-hybridized carbons (Fsp3) is 0.467. The smallest absolute Gasteiger partial charge is 0.404 e. The van der Waals surface area contributed by atoms with Crippen molar-refractivity contribution in [1.82, 2.24) is 10.2 Å². The van der Waals surface area contributed by atoms with Gasteiger partial charge in [0.2, 0.25) is 0 Å². The lowest BCUT2D eigenvalue weighted by Gasteiger charge is -2.35. The number of carbonyl (C=O) groups is 2. The Balaban J connectivity index is 1.74. The van der Waals surface area contributed by atoms with Gasteiger partial charge in [-0.1, -0.05) is 6.07 Å². The Morgan fingerprint density at radius 3 is 2.95 bits per heavy atom. The molecule has 1 aromatic rings. The predicted molar refractivity (Wildman–Crippen MR) is 77.9 cm³/mol. The van der Waals surface area contributed by atoms with Crippen molar-refractivity contribution in [3.63, 3.8) is 0 Å². The molecule has 1 aliphatic heterocycles. The number of nitrogens with one attached hydrogen (secondary N) is 1. The standard InChI is InChI=1S/C15H19N3O3/c16-10-5-4-9-8-18(14(19)13(9)6-10)12-3-1-2-11(7-12)17-15(20)21/h4-6,11-12,17H,1-3,7-8,16H2,(H,20,21)/t11-,12-/m0/s1. The minimum Gasteiger partial charge on any atom is -0.465 e. The van der Waals surface area contributed by atoms with Gasteiger partial charge in [0.05, 0.1) is 0 Å². The van der Waals surface area contributed by atoms with Crippen LogP contribution in [0.15, 0.2) is 18.2 Å². The maximum atomic E-state index is 12.5. The molecule has 6 heteroatoms. The Hall–Kier alpha value is -2.24. The molecular formula is C15H19N3O3. The van der Waals surface area contributed by atoms with Crippen LogP contribution < -0.4 is 11.1 Å². The van der Waals surface area contributed by atoms with Crippen LogP contribution in [0.3, 0.4) is 0 Å². The molecule has 0 unspecified atom stereocenters. The van der Waals surface area contributed by atoms with E-state index in [0.717, 1.165) is 24.8 Å². The molecule has 2 amide bonds. The van der Waals surface area contributed by atoms with Gasteiger partial charge in [0.25, 0.3) is 5.91 Å². The molecule has 1 saturated carbocycles. The van der Waals surface area contributed by atoms with Gasteiger partial charge >= 0.3 is 6.09 Å². The van der Waals surface area contributed by atoms with Crippen molar-refractivity contribution in [3.8, 4) is 0 Å². The average molecular weight is 289 g/mol. The number of fused-ring (bicyclic) bond motifs is 1. The second-order valence-corrected chi connectivity index (χ2v) is 5.82. The Bertz CT molecular complexity index is 588. The number of hydrogen-bond donors (Lipinski definition) is 3. The third kappa shape index (κ3) is 2.66. The maximum absolute atomic E-state index is 12.5. The monoisotopic (exact) mass is 289 g/mol. The first-order valence-corrected chi connectivity index (χ1v) is 7.23. The van der Waals surface area contributed by atoms with Crippen LogP contribution in [-0.4, -0.2) is 34.1 Å². The van der Waals surface area contributed by atoms with Gasteiger partial charge in [-0.2, -0.15) is 0 Å². The highest BCUT2D eigenvalue weighted by Gasteiger charge is 2.35. The minimum absolute atomic E-state index is 0.0123. The number of carboxylic acid groups (broad SMARTS) is 1. The number of benzene rings is 1. The van der Waals surface area contributed by atoms with Crippen LogP contribution in [0.4, 0.5) is 10.5 Å². The Labute approximate surface area is 122 Å². The van der Waals surface area contributed by atoms with Gasteiger partial charge in [-0.3, -0.25) is 4.79 Å². The van der Waals surface area contributed by atoms with E-state index in [1.54, 1.807) is 6.07 Å². The number of rotatable bonds is 2. The van der Waals surface area contributed by atoms with E-state index < -0.39 is 6.09 Å². The summed E-state index contributed by atoms with van der Waals surface area (Å²) < 4.78 is 0. The minimum atomic E-state index is -0.996. The lowest BCUT2D eigenvalue weighted by Crippen LogP contribution is -2.45. The Morgan fingerprint density at radius 2 is 2.19 bits per heavy atom. The normalized spacial score (nSPS) is 24.8. The second-order valence-electron chi connectivity index (χ2n) is 5.82. The van der Waals surface area contributed by atoms with Crippen LogP contribution in [0.2, 0.25) is 0 Å². The highest BCUT2D eigenvalue weighted by atomic mass is 16.4. The van der Waals surface area contributed by atoms with Crippen molar-refractivity contribution in [2.45, 2.75) is 44.3 Å². The van der Waals surface area contributed by atoms with Crippen molar-refractivity contribution in [2.75, 3.05) is 5.73 Å². The van der Waals surface area contributed by atoms with Crippen LogP contribution >= 0.6 is 0 Å². The molecule has 1 aliphatic carbocycles. The van der Waals surface area contributed by atoms with Crippen LogP contribution in [0.1, 0.15) is 41.6 Å². The van der Waals surface area contributed by atoms with Crippen LogP contribution in [0, 0.1) is 0 Å².